The highest BCUT2D eigenvalue weighted by molar-refractivity contribution is 8.00. The standard InChI is InChI=1S/C42H49ClN8O3S/c1-30(2)54-35-16-20-48(21-17-35)19-5-18-44-39-15-13-36(27-41(39)51(52)53)55-47-42-38-14-12-34(26-40(38)45-29-46-42)50-24-22-49(23-25-50)28-32-6-3-4-7-37(32)31-8-10-33(43)11-9-31/h3-4,6-15,26-27,29-30,35,44H,5,16-25,28H2,1-2H3,(H,45,46,47). The van der Waals surface area contributed by atoms with Gasteiger partial charge in [0.2, 0.25) is 0 Å². The predicted molar refractivity (Wildman–Crippen MR) is 225 cm³/mol. The van der Waals surface area contributed by atoms with Gasteiger partial charge in [-0.05, 0) is 111 Å². The smallest absolute Gasteiger partial charge is 0.293 e. The molecule has 2 saturated heterocycles. The van der Waals surface area contributed by atoms with Crippen molar-refractivity contribution in [2.45, 2.75) is 56.8 Å². The molecule has 11 nitrogen and oxygen atoms in total. The number of piperidine rings is 1. The SMILES string of the molecule is CC(C)OC1CCN(CCCNc2ccc(SNc3ncnc4cc(N5CCN(Cc6ccccc6-c6ccc(Cl)cc6)CC5)ccc34)cc2[N+](=O)[O-])CC1. The monoisotopic (exact) mass is 780 g/mol. The lowest BCUT2D eigenvalue weighted by Gasteiger charge is -2.36. The molecule has 288 valence electrons. The van der Waals surface area contributed by atoms with Gasteiger partial charge in [-0.15, -0.1) is 0 Å². The number of hydrogen-bond donors (Lipinski definition) is 2. The van der Waals surface area contributed by atoms with E-state index in [4.69, 9.17) is 16.3 Å². The molecule has 2 fully saturated rings. The number of nitrogens with one attached hydrogen (secondary N) is 2. The molecule has 0 aliphatic carbocycles. The Balaban J connectivity index is 0.910. The maximum absolute atomic E-state index is 12.0. The Morgan fingerprint density at radius 2 is 1.71 bits per heavy atom. The summed E-state index contributed by atoms with van der Waals surface area (Å²) in [6.45, 7) is 12.5. The number of nitro benzene ring substituents is 1. The highest BCUT2D eigenvalue weighted by atomic mass is 35.5. The summed E-state index contributed by atoms with van der Waals surface area (Å²) < 4.78 is 9.28. The van der Waals surface area contributed by atoms with Crippen LogP contribution in [0.25, 0.3) is 22.0 Å². The number of hydrogen-bond acceptors (Lipinski definition) is 11. The van der Waals surface area contributed by atoms with E-state index in [0.29, 0.717) is 24.2 Å². The van der Waals surface area contributed by atoms with Gasteiger partial charge in [0, 0.05) is 79.4 Å². The summed E-state index contributed by atoms with van der Waals surface area (Å²) in [5.74, 6) is 0.662. The fourth-order valence-electron chi connectivity index (χ4n) is 7.46. The molecule has 0 bridgehead atoms. The molecule has 1 aromatic heterocycles. The Morgan fingerprint density at radius 3 is 2.47 bits per heavy atom. The molecule has 0 amide bonds. The van der Waals surface area contributed by atoms with Crippen LogP contribution in [-0.4, -0.2) is 89.3 Å². The van der Waals surface area contributed by atoms with Crippen LogP contribution in [0.3, 0.4) is 0 Å². The second kappa shape index (κ2) is 18.4. The lowest BCUT2D eigenvalue weighted by Crippen LogP contribution is -2.46. The maximum Gasteiger partial charge on any atom is 0.293 e. The van der Waals surface area contributed by atoms with Gasteiger partial charge in [-0.1, -0.05) is 48.0 Å². The topological polar surface area (TPSA) is 112 Å². The van der Waals surface area contributed by atoms with Gasteiger partial charge < -0.3 is 24.6 Å². The number of likely N-dealkylation sites (tertiary alicyclic amines) is 1. The lowest BCUT2D eigenvalue weighted by atomic mass is 9.99. The van der Waals surface area contributed by atoms with Crippen molar-refractivity contribution >= 4 is 57.3 Å². The summed E-state index contributed by atoms with van der Waals surface area (Å²) in [6, 6.07) is 28.3. The second-order valence-electron chi connectivity index (χ2n) is 14.5. The summed E-state index contributed by atoms with van der Waals surface area (Å²) in [5, 5.41) is 17.0. The van der Waals surface area contributed by atoms with Gasteiger partial charge in [0.05, 0.1) is 22.6 Å². The summed E-state index contributed by atoms with van der Waals surface area (Å²) in [5.41, 5.74) is 6.29. The number of benzene rings is 4. The number of nitrogens with zero attached hydrogens (tertiary/aromatic N) is 6. The van der Waals surface area contributed by atoms with Gasteiger partial charge >= 0.3 is 0 Å². The van der Waals surface area contributed by atoms with E-state index in [2.05, 4.69) is 103 Å². The van der Waals surface area contributed by atoms with Crippen molar-refractivity contribution in [1.29, 1.82) is 0 Å². The largest absolute Gasteiger partial charge is 0.379 e. The Kier molecular flexibility index (Phi) is 13.0. The molecule has 3 heterocycles. The van der Waals surface area contributed by atoms with E-state index in [1.54, 1.807) is 18.5 Å². The quantitative estimate of drug-likeness (QED) is 0.0460. The van der Waals surface area contributed by atoms with E-state index >= 15 is 0 Å². The summed E-state index contributed by atoms with van der Waals surface area (Å²) >= 11 is 7.45. The third-order valence-corrected chi connectivity index (χ3v) is 11.4. The molecule has 0 atom stereocenters. The van der Waals surface area contributed by atoms with Crippen LogP contribution in [0.5, 0.6) is 0 Å². The highest BCUT2D eigenvalue weighted by Crippen LogP contribution is 2.33. The van der Waals surface area contributed by atoms with Gasteiger partial charge in [0.25, 0.3) is 5.69 Å². The molecule has 0 radical (unpaired) electrons. The molecule has 0 saturated carbocycles. The van der Waals surface area contributed by atoms with Crippen molar-refractivity contribution in [2.75, 3.05) is 67.3 Å². The first-order chi connectivity index (χ1) is 26.8. The van der Waals surface area contributed by atoms with Crippen LogP contribution in [0.15, 0.2) is 96.2 Å². The van der Waals surface area contributed by atoms with Crippen LogP contribution in [0, 0.1) is 10.1 Å². The first-order valence-corrected chi connectivity index (χ1v) is 20.4. The van der Waals surface area contributed by atoms with E-state index in [1.165, 1.54) is 28.6 Å². The van der Waals surface area contributed by atoms with Gasteiger partial charge in [-0.25, -0.2) is 9.97 Å². The van der Waals surface area contributed by atoms with E-state index in [-0.39, 0.29) is 16.7 Å². The molecule has 5 aromatic rings. The van der Waals surface area contributed by atoms with Crippen molar-refractivity contribution in [3.8, 4) is 11.1 Å². The first kappa shape index (κ1) is 38.8. The number of nitro groups is 1. The summed E-state index contributed by atoms with van der Waals surface area (Å²) in [4.78, 5) is 28.9. The van der Waals surface area contributed by atoms with Crippen LogP contribution >= 0.6 is 23.5 Å². The van der Waals surface area contributed by atoms with E-state index < -0.39 is 0 Å². The fourth-order valence-corrected chi connectivity index (χ4v) is 8.27. The molecule has 0 spiro atoms. The van der Waals surface area contributed by atoms with Gasteiger partial charge in [0.15, 0.2) is 0 Å². The van der Waals surface area contributed by atoms with Crippen molar-refractivity contribution < 1.29 is 9.66 Å². The number of piperazine rings is 1. The summed E-state index contributed by atoms with van der Waals surface area (Å²) in [7, 11) is 0. The Labute approximate surface area is 332 Å². The molecule has 2 aliphatic rings. The molecule has 13 heteroatoms. The Morgan fingerprint density at radius 1 is 0.927 bits per heavy atom. The van der Waals surface area contributed by atoms with Crippen molar-refractivity contribution in [2.24, 2.45) is 0 Å². The zero-order valence-electron chi connectivity index (χ0n) is 31.5. The van der Waals surface area contributed by atoms with Gasteiger partial charge in [-0.2, -0.15) is 0 Å². The third-order valence-electron chi connectivity index (χ3n) is 10.3. The minimum atomic E-state index is -0.326. The summed E-state index contributed by atoms with van der Waals surface area (Å²) in [6.07, 6.45) is 5.19. The van der Waals surface area contributed by atoms with Crippen molar-refractivity contribution in [1.82, 2.24) is 19.8 Å². The van der Waals surface area contributed by atoms with Crippen LogP contribution in [0.2, 0.25) is 5.02 Å². The molecule has 7 rings (SSSR count). The zero-order chi connectivity index (χ0) is 38.1. The Bertz CT molecular complexity index is 2050. The average Bonchev–Trinajstić information content (AvgIpc) is 3.20. The second-order valence-corrected chi connectivity index (χ2v) is 15.8. The van der Waals surface area contributed by atoms with Crippen molar-refractivity contribution in [3.05, 3.63) is 112 Å². The van der Waals surface area contributed by atoms with Crippen LogP contribution < -0.4 is 14.9 Å². The first-order valence-electron chi connectivity index (χ1n) is 19.2. The number of fused-ring (bicyclic) bond motifs is 1. The number of anilines is 3. The van der Waals surface area contributed by atoms with E-state index in [9.17, 15) is 10.1 Å². The number of rotatable bonds is 15. The molecular formula is C42H49ClN8O3S. The van der Waals surface area contributed by atoms with E-state index in [1.807, 2.05) is 18.2 Å². The average molecular weight is 781 g/mol. The Hall–Kier alpha value is -4.46. The molecule has 2 N–H and O–H groups in total. The van der Waals surface area contributed by atoms with Crippen LogP contribution in [-0.2, 0) is 11.3 Å². The number of halogens is 1. The highest BCUT2D eigenvalue weighted by Gasteiger charge is 2.22. The maximum atomic E-state index is 12.0. The zero-order valence-corrected chi connectivity index (χ0v) is 33.1. The minimum absolute atomic E-state index is 0.0569. The van der Waals surface area contributed by atoms with Crippen LogP contribution in [0.1, 0.15) is 38.7 Å². The molecule has 4 aromatic carbocycles. The number of ether oxygens (including phenoxy) is 1. The minimum Gasteiger partial charge on any atom is -0.379 e. The molecule has 2 aliphatic heterocycles. The predicted octanol–water partition coefficient (Wildman–Crippen LogP) is 8.99. The third kappa shape index (κ3) is 10.2. The normalized spacial score (nSPS) is 15.8. The van der Waals surface area contributed by atoms with Crippen LogP contribution in [0.4, 0.5) is 22.9 Å². The van der Waals surface area contributed by atoms with Gasteiger partial charge in [-0.3, -0.25) is 15.0 Å². The molecule has 55 heavy (non-hydrogen) atoms. The van der Waals surface area contributed by atoms with E-state index in [0.717, 1.165) is 98.1 Å². The van der Waals surface area contributed by atoms with Crippen molar-refractivity contribution in [3.63, 3.8) is 0 Å². The molecule has 0 unspecified atom stereocenters. The van der Waals surface area contributed by atoms with Gasteiger partial charge in [0.1, 0.15) is 17.8 Å². The number of aromatic nitrogens is 2. The lowest BCUT2D eigenvalue weighted by molar-refractivity contribution is -0.384. The fraction of sp³-hybridized carbons (Fsp3) is 0.381. The molecular weight excluding hydrogens is 732 g/mol.